The molecule has 0 radical (unpaired) electrons. The molecular weight excluding hydrogens is 258 g/mol. The Morgan fingerprint density at radius 1 is 1.40 bits per heavy atom. The largest absolute Gasteiger partial charge is 0.478 e. The quantitative estimate of drug-likeness (QED) is 0.928. The van der Waals surface area contributed by atoms with Gasteiger partial charge in [0.05, 0.1) is 11.7 Å². The van der Waals surface area contributed by atoms with Gasteiger partial charge >= 0.3 is 5.97 Å². The van der Waals surface area contributed by atoms with Crippen molar-refractivity contribution in [1.29, 1.82) is 0 Å². The maximum absolute atomic E-state index is 10.9. The average Bonchev–Trinajstić information content (AvgIpc) is 2.88. The van der Waals surface area contributed by atoms with Crippen LogP contribution in [0.25, 0.3) is 11.1 Å². The van der Waals surface area contributed by atoms with Crippen LogP contribution in [0.2, 0.25) is 0 Å². The van der Waals surface area contributed by atoms with E-state index in [4.69, 9.17) is 14.3 Å². The Balaban J connectivity index is 1.70. The van der Waals surface area contributed by atoms with Gasteiger partial charge in [-0.25, -0.2) is 9.78 Å². The van der Waals surface area contributed by atoms with E-state index < -0.39 is 5.97 Å². The predicted octanol–water partition coefficient (Wildman–Crippen LogP) is 3.03. The Bertz CT molecular complexity index is 613. The first kappa shape index (κ1) is 13.1. The van der Waals surface area contributed by atoms with E-state index in [1.807, 2.05) is 0 Å². The number of ether oxygens (including phenoxy) is 1. The second-order valence-corrected chi connectivity index (χ2v) is 5.12. The Kier molecular flexibility index (Phi) is 3.69. The number of hydrogen-bond donors (Lipinski definition) is 1. The van der Waals surface area contributed by atoms with E-state index in [-0.39, 0.29) is 5.56 Å². The first-order chi connectivity index (χ1) is 9.72. The maximum atomic E-state index is 10.9. The fourth-order valence-corrected chi connectivity index (χ4v) is 2.53. The Labute approximate surface area is 116 Å². The molecule has 5 heteroatoms. The Hall–Kier alpha value is -1.88. The van der Waals surface area contributed by atoms with Crippen LogP contribution < -0.4 is 0 Å². The lowest BCUT2D eigenvalue weighted by Crippen LogP contribution is -2.19. The fourth-order valence-electron chi connectivity index (χ4n) is 2.53. The fraction of sp³-hybridized carbons (Fsp3) is 0.467. The van der Waals surface area contributed by atoms with Crippen molar-refractivity contribution < 1.29 is 19.1 Å². The van der Waals surface area contributed by atoms with Crippen LogP contribution in [0, 0.1) is 0 Å². The lowest BCUT2D eigenvalue weighted by Gasteiger charge is -2.21. The van der Waals surface area contributed by atoms with Crippen molar-refractivity contribution in [2.24, 2.45) is 0 Å². The van der Waals surface area contributed by atoms with E-state index in [1.54, 1.807) is 12.1 Å². The summed E-state index contributed by atoms with van der Waals surface area (Å²) in [6.45, 7) is 0.847. The van der Waals surface area contributed by atoms with Crippen LogP contribution in [0.4, 0.5) is 0 Å². The van der Waals surface area contributed by atoms with Gasteiger partial charge in [0, 0.05) is 13.0 Å². The van der Waals surface area contributed by atoms with Crippen LogP contribution in [0.1, 0.15) is 41.9 Å². The van der Waals surface area contributed by atoms with Crippen molar-refractivity contribution in [1.82, 2.24) is 4.98 Å². The number of carboxylic acids is 1. The van der Waals surface area contributed by atoms with Crippen LogP contribution in [0.3, 0.4) is 0 Å². The number of carboxylic acid groups (broad SMARTS) is 1. The van der Waals surface area contributed by atoms with Crippen molar-refractivity contribution in [3.8, 4) is 0 Å². The third-order valence-corrected chi connectivity index (χ3v) is 3.63. The van der Waals surface area contributed by atoms with Gasteiger partial charge in [0.1, 0.15) is 5.52 Å². The van der Waals surface area contributed by atoms with Crippen molar-refractivity contribution >= 4 is 17.1 Å². The SMILES string of the molecule is O=C(O)c1ccc2nc(CCC3CCCCO3)oc2c1. The van der Waals surface area contributed by atoms with Gasteiger partial charge in [-0.15, -0.1) is 0 Å². The molecular formula is C15H17NO4. The third kappa shape index (κ3) is 2.82. The zero-order valence-corrected chi connectivity index (χ0v) is 11.2. The summed E-state index contributed by atoms with van der Waals surface area (Å²) in [5.41, 5.74) is 1.45. The highest BCUT2D eigenvalue weighted by Gasteiger charge is 2.16. The van der Waals surface area contributed by atoms with Gasteiger partial charge in [0.2, 0.25) is 0 Å². The molecule has 0 saturated carbocycles. The van der Waals surface area contributed by atoms with Gasteiger partial charge in [-0.1, -0.05) is 0 Å². The summed E-state index contributed by atoms with van der Waals surface area (Å²) in [6, 6.07) is 4.75. The van der Waals surface area contributed by atoms with Gasteiger partial charge in [0.15, 0.2) is 11.5 Å². The minimum absolute atomic E-state index is 0.218. The minimum atomic E-state index is -0.958. The predicted molar refractivity (Wildman–Crippen MR) is 72.9 cm³/mol. The van der Waals surface area contributed by atoms with E-state index in [2.05, 4.69) is 4.98 Å². The van der Waals surface area contributed by atoms with Crippen LogP contribution in [0.5, 0.6) is 0 Å². The zero-order valence-electron chi connectivity index (χ0n) is 11.2. The Morgan fingerprint density at radius 2 is 2.30 bits per heavy atom. The molecule has 3 rings (SSSR count). The number of nitrogens with zero attached hydrogens (tertiary/aromatic N) is 1. The first-order valence-corrected chi connectivity index (χ1v) is 6.97. The molecule has 1 N–H and O–H groups in total. The molecule has 20 heavy (non-hydrogen) atoms. The van der Waals surface area contributed by atoms with Gasteiger partial charge in [-0.3, -0.25) is 0 Å². The smallest absolute Gasteiger partial charge is 0.335 e. The van der Waals surface area contributed by atoms with Crippen LogP contribution >= 0.6 is 0 Å². The van der Waals surface area contributed by atoms with Crippen molar-refractivity contribution in [2.45, 2.75) is 38.2 Å². The second kappa shape index (κ2) is 5.63. The molecule has 1 atom stereocenters. The third-order valence-electron chi connectivity index (χ3n) is 3.63. The van der Waals surface area contributed by atoms with Crippen molar-refractivity contribution in [2.75, 3.05) is 6.61 Å². The number of oxazole rings is 1. The number of benzene rings is 1. The van der Waals surface area contributed by atoms with Gasteiger partial charge in [0.25, 0.3) is 0 Å². The molecule has 5 nitrogen and oxygen atoms in total. The molecule has 2 heterocycles. The summed E-state index contributed by atoms with van der Waals surface area (Å²) in [7, 11) is 0. The second-order valence-electron chi connectivity index (χ2n) is 5.12. The molecule has 1 aromatic heterocycles. The average molecular weight is 275 g/mol. The summed E-state index contributed by atoms with van der Waals surface area (Å²) < 4.78 is 11.3. The molecule has 1 unspecified atom stereocenters. The molecule has 1 fully saturated rings. The lowest BCUT2D eigenvalue weighted by molar-refractivity contribution is 0.0106. The van der Waals surface area contributed by atoms with Crippen molar-refractivity contribution in [3.63, 3.8) is 0 Å². The number of aromatic nitrogens is 1. The maximum Gasteiger partial charge on any atom is 0.335 e. The Morgan fingerprint density at radius 3 is 3.05 bits per heavy atom. The molecule has 106 valence electrons. The number of rotatable bonds is 4. The van der Waals surface area contributed by atoms with Crippen LogP contribution in [-0.4, -0.2) is 28.8 Å². The molecule has 0 aliphatic carbocycles. The summed E-state index contributed by atoms with van der Waals surface area (Å²) in [6.07, 6.45) is 5.40. The highest BCUT2D eigenvalue weighted by molar-refractivity contribution is 5.91. The molecule has 0 amide bonds. The molecule has 1 aliphatic heterocycles. The number of hydrogen-bond acceptors (Lipinski definition) is 4. The van der Waals surface area contributed by atoms with E-state index in [9.17, 15) is 4.79 Å². The first-order valence-electron chi connectivity index (χ1n) is 6.97. The van der Waals surface area contributed by atoms with Gasteiger partial charge in [-0.2, -0.15) is 0 Å². The highest BCUT2D eigenvalue weighted by Crippen LogP contribution is 2.21. The van der Waals surface area contributed by atoms with Gasteiger partial charge in [-0.05, 0) is 43.9 Å². The van der Waals surface area contributed by atoms with E-state index >= 15 is 0 Å². The summed E-state index contributed by atoms with van der Waals surface area (Å²) >= 11 is 0. The monoisotopic (exact) mass is 275 g/mol. The van der Waals surface area contributed by atoms with Gasteiger partial charge < -0.3 is 14.3 Å². The normalized spacial score (nSPS) is 19.3. The number of fused-ring (bicyclic) bond motifs is 1. The highest BCUT2D eigenvalue weighted by atomic mass is 16.5. The van der Waals surface area contributed by atoms with Crippen LogP contribution in [0.15, 0.2) is 22.6 Å². The summed E-state index contributed by atoms with van der Waals surface area (Å²) in [5.74, 6) is -0.308. The molecule has 1 aliphatic rings. The van der Waals surface area contributed by atoms with Crippen LogP contribution in [-0.2, 0) is 11.2 Å². The topological polar surface area (TPSA) is 72.6 Å². The summed E-state index contributed by atoms with van der Waals surface area (Å²) in [4.78, 5) is 15.3. The number of aryl methyl sites for hydroxylation is 1. The molecule has 2 aromatic rings. The molecule has 0 bridgehead atoms. The standard InChI is InChI=1S/C15H17NO4/c17-15(18)10-4-6-12-13(9-10)20-14(16-12)7-5-11-3-1-2-8-19-11/h4,6,9,11H,1-3,5,7-8H2,(H,17,18). The number of aromatic carboxylic acids is 1. The zero-order chi connectivity index (χ0) is 13.9. The summed E-state index contributed by atoms with van der Waals surface area (Å²) in [5, 5.41) is 8.95. The minimum Gasteiger partial charge on any atom is -0.478 e. The van der Waals surface area contributed by atoms with E-state index in [0.29, 0.717) is 23.1 Å². The molecule has 0 spiro atoms. The number of carbonyl (C=O) groups is 1. The lowest BCUT2D eigenvalue weighted by atomic mass is 10.0. The van der Waals surface area contributed by atoms with E-state index in [1.165, 1.54) is 12.5 Å². The molecule has 1 saturated heterocycles. The van der Waals surface area contributed by atoms with Crippen molar-refractivity contribution in [3.05, 3.63) is 29.7 Å². The van der Waals surface area contributed by atoms with E-state index in [0.717, 1.165) is 32.3 Å². The molecule has 1 aromatic carbocycles.